The second kappa shape index (κ2) is 8.65. The van der Waals surface area contributed by atoms with Crippen molar-refractivity contribution in [3.8, 4) is 11.1 Å². The van der Waals surface area contributed by atoms with Crippen LogP contribution in [-0.4, -0.2) is 44.8 Å². The zero-order chi connectivity index (χ0) is 25.1. The molecule has 0 radical (unpaired) electrons. The zero-order valence-corrected chi connectivity index (χ0v) is 21.8. The molecule has 3 heterocycles. The first-order valence-corrected chi connectivity index (χ1v) is 12.7. The third-order valence-electron chi connectivity index (χ3n) is 7.83. The number of aromatic amines is 1. The van der Waals surface area contributed by atoms with Gasteiger partial charge in [0, 0.05) is 52.7 Å². The molecule has 0 spiro atoms. The highest BCUT2D eigenvalue weighted by atomic mass is 16.3. The lowest BCUT2D eigenvalue weighted by atomic mass is 9.88. The maximum absolute atomic E-state index is 12.4. The van der Waals surface area contributed by atoms with Crippen molar-refractivity contribution < 1.29 is 5.11 Å². The summed E-state index contributed by atoms with van der Waals surface area (Å²) in [5.41, 5.74) is 8.46. The fraction of sp³-hybridized carbons (Fsp3) is 0.433. The first-order valence-electron chi connectivity index (χ1n) is 12.7. The second-order valence-electron chi connectivity index (χ2n) is 11.2. The molecular weight excluding hydrogens is 434 g/mol. The molecule has 35 heavy (non-hydrogen) atoms. The third-order valence-corrected chi connectivity index (χ3v) is 7.83. The van der Waals surface area contributed by atoms with E-state index in [4.69, 9.17) is 0 Å². The number of nitrogens with one attached hydrogen (secondary N) is 1. The standard InChI is InChI=1S/C30H37N3O2/c1-18-13-23(25-16-32(6)29(34)20(3)19(25)2)15-27-28(18)24-14-22(7-8-26(24)31-27)21-9-11-33(12-10-21)17-30(4,5)35/h7-8,13-16,21,31,35H,9-12,17H2,1-6H3. The average Bonchev–Trinajstić information content (AvgIpc) is 3.17. The largest absolute Gasteiger partial charge is 0.389 e. The Morgan fingerprint density at radius 2 is 1.74 bits per heavy atom. The van der Waals surface area contributed by atoms with Crippen molar-refractivity contribution in [2.45, 2.75) is 59.0 Å². The van der Waals surface area contributed by atoms with Gasteiger partial charge >= 0.3 is 0 Å². The third kappa shape index (κ3) is 4.43. The van der Waals surface area contributed by atoms with Crippen molar-refractivity contribution in [3.63, 3.8) is 0 Å². The lowest BCUT2D eigenvalue weighted by Gasteiger charge is -2.35. The van der Waals surface area contributed by atoms with E-state index in [1.807, 2.05) is 40.9 Å². The maximum Gasteiger partial charge on any atom is 0.253 e. The Morgan fingerprint density at radius 1 is 1.03 bits per heavy atom. The minimum atomic E-state index is -0.641. The molecule has 1 aliphatic heterocycles. The Labute approximate surface area is 207 Å². The van der Waals surface area contributed by atoms with Crippen LogP contribution in [0.25, 0.3) is 32.9 Å². The predicted molar refractivity (Wildman–Crippen MR) is 145 cm³/mol. The lowest BCUT2D eigenvalue weighted by molar-refractivity contribution is 0.0282. The van der Waals surface area contributed by atoms with E-state index in [0.717, 1.165) is 65.8 Å². The Bertz CT molecular complexity index is 1480. The number of β-amino-alcohol motifs (C(OH)–C–C–N with tert-alkyl or cyclic N) is 1. The smallest absolute Gasteiger partial charge is 0.253 e. The summed E-state index contributed by atoms with van der Waals surface area (Å²) in [6.07, 6.45) is 4.20. The predicted octanol–water partition coefficient (Wildman–Crippen LogP) is 5.56. The van der Waals surface area contributed by atoms with Crippen LogP contribution < -0.4 is 5.56 Å². The Hall–Kier alpha value is -2.89. The number of rotatable bonds is 4. The van der Waals surface area contributed by atoms with E-state index >= 15 is 0 Å². The second-order valence-corrected chi connectivity index (χ2v) is 11.2. The molecular formula is C30H37N3O2. The number of aliphatic hydroxyl groups is 1. The first kappa shape index (κ1) is 23.8. The van der Waals surface area contributed by atoms with Gasteiger partial charge in [0.25, 0.3) is 5.56 Å². The van der Waals surface area contributed by atoms with E-state index in [-0.39, 0.29) is 5.56 Å². The topological polar surface area (TPSA) is 61.3 Å². The number of hydrogen-bond donors (Lipinski definition) is 2. The van der Waals surface area contributed by atoms with Crippen molar-refractivity contribution in [2.75, 3.05) is 19.6 Å². The first-order chi connectivity index (χ1) is 16.5. The van der Waals surface area contributed by atoms with Gasteiger partial charge in [-0.05, 0) is 107 Å². The minimum Gasteiger partial charge on any atom is -0.389 e. The Kier molecular flexibility index (Phi) is 5.89. The van der Waals surface area contributed by atoms with Crippen molar-refractivity contribution in [1.29, 1.82) is 0 Å². The van der Waals surface area contributed by atoms with E-state index in [1.165, 1.54) is 21.9 Å². The molecule has 184 valence electrons. The highest BCUT2D eigenvalue weighted by Gasteiger charge is 2.25. The summed E-state index contributed by atoms with van der Waals surface area (Å²) in [5, 5.41) is 12.7. The maximum atomic E-state index is 12.4. The summed E-state index contributed by atoms with van der Waals surface area (Å²) in [6, 6.07) is 11.4. The molecule has 5 rings (SSSR count). The summed E-state index contributed by atoms with van der Waals surface area (Å²) in [5.74, 6) is 0.554. The summed E-state index contributed by atoms with van der Waals surface area (Å²) in [4.78, 5) is 18.4. The quantitative estimate of drug-likeness (QED) is 0.409. The number of pyridine rings is 1. The Balaban J connectivity index is 1.50. The van der Waals surface area contributed by atoms with Crippen molar-refractivity contribution in [3.05, 3.63) is 69.1 Å². The highest BCUT2D eigenvalue weighted by molar-refractivity contribution is 6.10. The van der Waals surface area contributed by atoms with Crippen LogP contribution in [0.2, 0.25) is 0 Å². The summed E-state index contributed by atoms with van der Waals surface area (Å²) >= 11 is 0. The number of piperidine rings is 1. The summed E-state index contributed by atoms with van der Waals surface area (Å²) in [6.45, 7) is 12.7. The van der Waals surface area contributed by atoms with Crippen LogP contribution in [0.1, 0.15) is 54.9 Å². The molecule has 1 fully saturated rings. The van der Waals surface area contributed by atoms with E-state index < -0.39 is 5.60 Å². The van der Waals surface area contributed by atoms with Crippen molar-refractivity contribution in [2.24, 2.45) is 7.05 Å². The van der Waals surface area contributed by atoms with Crippen LogP contribution >= 0.6 is 0 Å². The van der Waals surface area contributed by atoms with E-state index in [1.54, 1.807) is 4.57 Å². The van der Waals surface area contributed by atoms with Crippen molar-refractivity contribution >= 4 is 21.8 Å². The van der Waals surface area contributed by atoms with E-state index in [0.29, 0.717) is 5.92 Å². The average molecular weight is 472 g/mol. The number of hydrogen-bond acceptors (Lipinski definition) is 3. The zero-order valence-electron chi connectivity index (χ0n) is 21.8. The molecule has 5 heteroatoms. The van der Waals surface area contributed by atoms with Crippen LogP contribution in [0.5, 0.6) is 0 Å². The van der Waals surface area contributed by atoms with Gasteiger partial charge in [0.15, 0.2) is 0 Å². The SMILES string of the molecule is Cc1c(-c2cc(C)c3c(c2)[nH]c2ccc(C4CCN(CC(C)(C)O)CC4)cc23)cn(C)c(=O)c1C. The van der Waals surface area contributed by atoms with E-state index in [2.05, 4.69) is 47.1 Å². The van der Waals surface area contributed by atoms with Crippen LogP contribution in [0.15, 0.2) is 41.3 Å². The molecule has 0 atom stereocenters. The lowest BCUT2D eigenvalue weighted by Crippen LogP contribution is -2.42. The van der Waals surface area contributed by atoms with Gasteiger partial charge in [-0.25, -0.2) is 0 Å². The van der Waals surface area contributed by atoms with Crippen molar-refractivity contribution in [1.82, 2.24) is 14.5 Å². The van der Waals surface area contributed by atoms with Gasteiger partial charge in [0.1, 0.15) is 0 Å². The molecule has 2 aromatic heterocycles. The molecule has 0 bridgehead atoms. The molecule has 0 unspecified atom stereocenters. The highest BCUT2D eigenvalue weighted by Crippen LogP contribution is 2.37. The molecule has 0 saturated carbocycles. The number of aryl methyl sites for hydroxylation is 2. The number of benzene rings is 2. The van der Waals surface area contributed by atoms with Gasteiger partial charge in [-0.15, -0.1) is 0 Å². The Morgan fingerprint density at radius 3 is 2.43 bits per heavy atom. The molecule has 2 N–H and O–H groups in total. The van der Waals surface area contributed by atoms with Gasteiger partial charge in [0.2, 0.25) is 0 Å². The van der Waals surface area contributed by atoms with Crippen LogP contribution in [-0.2, 0) is 7.05 Å². The number of nitrogens with zero attached hydrogens (tertiary/aromatic N) is 2. The molecule has 5 nitrogen and oxygen atoms in total. The van der Waals surface area contributed by atoms with Gasteiger partial charge in [-0.1, -0.05) is 12.1 Å². The number of fused-ring (bicyclic) bond motifs is 3. The van der Waals surface area contributed by atoms with Crippen LogP contribution in [0.3, 0.4) is 0 Å². The molecule has 2 aromatic carbocycles. The fourth-order valence-corrected chi connectivity index (χ4v) is 5.91. The fourth-order valence-electron chi connectivity index (χ4n) is 5.91. The molecule has 1 saturated heterocycles. The van der Waals surface area contributed by atoms with Gasteiger partial charge in [-0.3, -0.25) is 4.79 Å². The molecule has 0 aliphatic carbocycles. The monoisotopic (exact) mass is 471 g/mol. The molecule has 4 aromatic rings. The summed E-state index contributed by atoms with van der Waals surface area (Å²) < 4.78 is 1.68. The van der Waals surface area contributed by atoms with Gasteiger partial charge < -0.3 is 19.6 Å². The molecule has 0 amide bonds. The van der Waals surface area contributed by atoms with Crippen LogP contribution in [0.4, 0.5) is 0 Å². The van der Waals surface area contributed by atoms with Gasteiger partial charge in [0.05, 0.1) is 5.60 Å². The summed E-state index contributed by atoms with van der Waals surface area (Å²) in [7, 11) is 1.82. The molecule has 1 aliphatic rings. The minimum absolute atomic E-state index is 0.0631. The van der Waals surface area contributed by atoms with Gasteiger partial charge in [-0.2, -0.15) is 0 Å². The number of aromatic nitrogens is 2. The van der Waals surface area contributed by atoms with Crippen LogP contribution in [0, 0.1) is 20.8 Å². The number of H-pyrrole nitrogens is 1. The normalized spacial score (nSPS) is 16.0. The number of likely N-dealkylation sites (tertiary alicyclic amines) is 1. The van der Waals surface area contributed by atoms with E-state index in [9.17, 15) is 9.90 Å².